The molecule has 1 aromatic heterocycles. The van der Waals surface area contributed by atoms with Crippen molar-refractivity contribution in [1.82, 2.24) is 9.63 Å². The number of hydrogen-bond donors (Lipinski definition) is 2. The number of rotatable bonds is 1. The Kier molecular flexibility index (Phi) is 3.33. The van der Waals surface area contributed by atoms with Crippen molar-refractivity contribution >= 4 is 28.4 Å². The second-order valence-corrected chi connectivity index (χ2v) is 6.70. The van der Waals surface area contributed by atoms with Crippen molar-refractivity contribution in [2.45, 2.75) is 25.3 Å². The highest BCUT2D eigenvalue weighted by Gasteiger charge is 2.36. The number of carbonyl (C=O) groups excluding carboxylic acids is 1. The van der Waals surface area contributed by atoms with Gasteiger partial charge in [-0.3, -0.25) is 10.0 Å². The predicted octanol–water partition coefficient (Wildman–Crippen LogP) is 2.68. The molecule has 0 bridgehead atoms. The zero-order chi connectivity index (χ0) is 17.9. The first-order chi connectivity index (χ1) is 11.9. The van der Waals surface area contributed by atoms with E-state index in [1.807, 2.05) is 42.9 Å². The molecular weight excluding hydrogens is 320 g/mol. The number of carboxylic acids is 1. The minimum absolute atomic E-state index is 0.0301. The Morgan fingerprint density at radius 3 is 2.80 bits per heavy atom. The third-order valence-electron chi connectivity index (χ3n) is 5.08. The molecule has 0 amide bonds. The molecule has 1 aromatic carbocycles. The molecule has 1 aliphatic carbocycles. The number of allylic oxidation sites excluding steroid dienone is 2. The standard InChI is InChI=1S/C19H18N2O4/c1-10-7-17(22)12-3-4-15(19(23)24)21(25)18(12)14-8-11-5-6-20(2)16(11)9-13(10)14/h3-6,8-10,15,25H,7H2,1-2H3,(H,23,24). The zero-order valence-electron chi connectivity index (χ0n) is 13.9. The first-order valence-electron chi connectivity index (χ1n) is 8.14. The molecule has 6 nitrogen and oxygen atoms in total. The average molecular weight is 338 g/mol. The second-order valence-electron chi connectivity index (χ2n) is 6.70. The molecule has 0 saturated carbocycles. The monoisotopic (exact) mass is 338 g/mol. The Morgan fingerprint density at radius 2 is 2.08 bits per heavy atom. The minimum Gasteiger partial charge on any atom is -0.479 e. The summed E-state index contributed by atoms with van der Waals surface area (Å²) in [6.07, 6.45) is 5.14. The SMILES string of the molecule is CC1CC(=O)C2=C(c3cc4ccn(C)c4cc31)N(O)C(C(=O)O)C=C2. The Balaban J connectivity index is 2.02. The van der Waals surface area contributed by atoms with Crippen LogP contribution in [0, 0.1) is 0 Å². The second kappa shape index (κ2) is 5.32. The van der Waals surface area contributed by atoms with E-state index in [1.165, 1.54) is 12.2 Å². The highest BCUT2D eigenvalue weighted by atomic mass is 16.5. The van der Waals surface area contributed by atoms with Crippen molar-refractivity contribution in [3.05, 3.63) is 53.2 Å². The van der Waals surface area contributed by atoms with Crippen molar-refractivity contribution in [2.75, 3.05) is 0 Å². The maximum Gasteiger partial charge on any atom is 0.332 e. The third kappa shape index (κ3) is 2.21. The summed E-state index contributed by atoms with van der Waals surface area (Å²) in [4.78, 5) is 24.1. The van der Waals surface area contributed by atoms with Crippen LogP contribution in [-0.2, 0) is 16.6 Å². The maximum absolute atomic E-state index is 12.6. The molecule has 25 heavy (non-hydrogen) atoms. The Hall–Kier alpha value is -2.86. The lowest BCUT2D eigenvalue weighted by Crippen LogP contribution is -2.39. The fourth-order valence-electron chi connectivity index (χ4n) is 3.73. The molecular formula is C19H18N2O4. The largest absolute Gasteiger partial charge is 0.479 e. The van der Waals surface area contributed by atoms with E-state index in [-0.39, 0.29) is 17.4 Å². The van der Waals surface area contributed by atoms with Crippen LogP contribution >= 0.6 is 0 Å². The summed E-state index contributed by atoms with van der Waals surface area (Å²) < 4.78 is 2.00. The van der Waals surface area contributed by atoms with Gasteiger partial charge < -0.3 is 9.67 Å². The van der Waals surface area contributed by atoms with Gasteiger partial charge in [0.05, 0.1) is 5.70 Å². The van der Waals surface area contributed by atoms with E-state index in [0.717, 1.165) is 16.5 Å². The van der Waals surface area contributed by atoms with Crippen molar-refractivity contribution in [3.8, 4) is 0 Å². The van der Waals surface area contributed by atoms with E-state index in [2.05, 4.69) is 0 Å². The van der Waals surface area contributed by atoms with Crippen molar-refractivity contribution < 1.29 is 19.9 Å². The molecule has 0 saturated heterocycles. The van der Waals surface area contributed by atoms with Crippen LogP contribution in [0.25, 0.3) is 16.6 Å². The molecule has 2 atom stereocenters. The van der Waals surface area contributed by atoms with Crippen LogP contribution in [0.5, 0.6) is 0 Å². The normalized spacial score (nSPS) is 22.8. The van der Waals surface area contributed by atoms with Crippen molar-refractivity contribution in [2.24, 2.45) is 7.05 Å². The molecule has 2 unspecified atom stereocenters. The number of hydrogen-bond acceptors (Lipinski definition) is 4. The molecule has 6 heteroatoms. The van der Waals surface area contributed by atoms with Gasteiger partial charge in [-0.1, -0.05) is 13.0 Å². The number of ketones is 1. The highest BCUT2D eigenvalue weighted by Crippen LogP contribution is 2.41. The van der Waals surface area contributed by atoms with Gasteiger partial charge >= 0.3 is 5.97 Å². The molecule has 0 fully saturated rings. The fraction of sp³-hybridized carbons (Fsp3) is 0.263. The number of aromatic nitrogens is 1. The van der Waals surface area contributed by atoms with Gasteiger partial charge in [-0.05, 0) is 35.8 Å². The van der Waals surface area contributed by atoms with Crippen LogP contribution < -0.4 is 0 Å². The highest BCUT2D eigenvalue weighted by molar-refractivity contribution is 6.08. The molecule has 4 rings (SSSR count). The number of carboxylic acid groups (broad SMARTS) is 1. The molecule has 2 aliphatic rings. The summed E-state index contributed by atoms with van der Waals surface area (Å²) >= 11 is 0. The Morgan fingerprint density at radius 1 is 1.32 bits per heavy atom. The predicted molar refractivity (Wildman–Crippen MR) is 92.1 cm³/mol. The third-order valence-corrected chi connectivity index (χ3v) is 5.08. The van der Waals surface area contributed by atoms with Gasteiger partial charge in [-0.15, -0.1) is 0 Å². The number of aliphatic carboxylic acids is 1. The molecule has 2 heterocycles. The lowest BCUT2D eigenvalue weighted by Gasteiger charge is -2.30. The van der Waals surface area contributed by atoms with Gasteiger partial charge in [-0.25, -0.2) is 9.86 Å². The van der Waals surface area contributed by atoms with E-state index >= 15 is 0 Å². The van der Waals surface area contributed by atoms with E-state index in [4.69, 9.17) is 0 Å². The molecule has 2 N–H and O–H groups in total. The molecule has 128 valence electrons. The summed E-state index contributed by atoms with van der Waals surface area (Å²) in [7, 11) is 1.95. The molecule has 1 aliphatic heterocycles. The lowest BCUT2D eigenvalue weighted by molar-refractivity contribution is -0.151. The minimum atomic E-state index is -1.21. The zero-order valence-corrected chi connectivity index (χ0v) is 13.9. The van der Waals surface area contributed by atoms with Crippen LogP contribution in [0.1, 0.15) is 30.4 Å². The van der Waals surface area contributed by atoms with Crippen molar-refractivity contribution in [1.29, 1.82) is 0 Å². The van der Waals surface area contributed by atoms with E-state index < -0.39 is 12.0 Å². The number of fused-ring (bicyclic) bond motifs is 3. The van der Waals surface area contributed by atoms with Gasteiger partial charge in [0.25, 0.3) is 0 Å². The van der Waals surface area contributed by atoms with Crippen LogP contribution in [0.3, 0.4) is 0 Å². The fourth-order valence-corrected chi connectivity index (χ4v) is 3.73. The van der Waals surface area contributed by atoms with Crippen molar-refractivity contribution in [3.63, 3.8) is 0 Å². The average Bonchev–Trinajstić information content (AvgIpc) is 2.88. The summed E-state index contributed by atoms with van der Waals surface area (Å²) in [6, 6.07) is 4.71. The van der Waals surface area contributed by atoms with Gasteiger partial charge in [0.1, 0.15) is 0 Å². The quantitative estimate of drug-likeness (QED) is 0.835. The van der Waals surface area contributed by atoms with Gasteiger partial charge in [0.15, 0.2) is 11.8 Å². The number of aryl methyl sites for hydroxylation is 1. The summed E-state index contributed by atoms with van der Waals surface area (Å²) in [6.45, 7) is 1.98. The number of benzene rings is 1. The molecule has 0 spiro atoms. The summed E-state index contributed by atoms with van der Waals surface area (Å²) in [5.41, 5.74) is 3.33. The van der Waals surface area contributed by atoms with Crippen LogP contribution in [-0.4, -0.2) is 37.7 Å². The smallest absolute Gasteiger partial charge is 0.332 e. The number of Topliss-reactive ketones (excluding diaryl/α,β-unsaturated/α-hetero) is 1. The van der Waals surface area contributed by atoms with E-state index in [1.54, 1.807) is 0 Å². The number of carbonyl (C=O) groups is 2. The topological polar surface area (TPSA) is 82.8 Å². The lowest BCUT2D eigenvalue weighted by atomic mass is 9.92. The molecule has 0 radical (unpaired) electrons. The summed E-state index contributed by atoms with van der Waals surface area (Å²) in [5.74, 6) is -1.29. The van der Waals surface area contributed by atoms with Gasteiger partial charge in [0, 0.05) is 41.7 Å². The van der Waals surface area contributed by atoms with Gasteiger partial charge in [-0.2, -0.15) is 0 Å². The Bertz CT molecular complexity index is 983. The van der Waals surface area contributed by atoms with E-state index in [9.17, 15) is 19.9 Å². The maximum atomic E-state index is 12.6. The van der Waals surface area contributed by atoms with Crippen LogP contribution in [0.4, 0.5) is 0 Å². The van der Waals surface area contributed by atoms with Crippen LogP contribution in [0.15, 0.2) is 42.1 Å². The number of hydroxylamine groups is 2. The Labute approximate surface area is 144 Å². The first-order valence-corrected chi connectivity index (χ1v) is 8.14. The van der Waals surface area contributed by atoms with Crippen LogP contribution in [0.2, 0.25) is 0 Å². The summed E-state index contributed by atoms with van der Waals surface area (Å²) in [5, 5.41) is 21.6. The van der Waals surface area contributed by atoms with E-state index in [0.29, 0.717) is 22.6 Å². The first kappa shape index (κ1) is 15.7. The molecule has 2 aromatic rings. The van der Waals surface area contributed by atoms with Gasteiger partial charge in [0.2, 0.25) is 0 Å². The number of nitrogens with zero attached hydrogens (tertiary/aromatic N) is 2.